The Hall–Kier alpha value is -0.550. The van der Waals surface area contributed by atoms with Gasteiger partial charge in [-0.2, -0.15) is 0 Å². The van der Waals surface area contributed by atoms with Crippen molar-refractivity contribution in [3.63, 3.8) is 0 Å². The van der Waals surface area contributed by atoms with Gasteiger partial charge in [-0.05, 0) is 12.8 Å². The fraction of sp³-hybridized carbons (Fsp3) is 0.950. The second kappa shape index (κ2) is 35.3. The van der Waals surface area contributed by atoms with E-state index in [0.29, 0.717) is 12.8 Å². The summed E-state index contributed by atoms with van der Waals surface area (Å²) in [6.45, 7) is 4.29. The lowest BCUT2D eigenvalue weighted by Crippen LogP contribution is -2.23. The minimum absolute atomic E-state index is 0.0411. The molecule has 0 aliphatic carbocycles. The summed E-state index contributed by atoms with van der Waals surface area (Å²) in [6.07, 6.45) is 39.2. The molecule has 0 spiro atoms. The fourth-order valence-electron chi connectivity index (χ4n) is 6.45. The van der Waals surface area contributed by atoms with Gasteiger partial charge in [0.2, 0.25) is 0 Å². The lowest BCUT2D eigenvalue weighted by molar-refractivity contribution is -0.129. The first-order chi connectivity index (χ1) is 22.9. The lowest BCUT2D eigenvalue weighted by Gasteiger charge is -2.17. The van der Waals surface area contributed by atoms with Crippen LogP contribution in [0.2, 0.25) is 0 Å². The van der Waals surface area contributed by atoms with E-state index in [1.54, 1.807) is 0 Å². The van der Waals surface area contributed by atoms with Crippen molar-refractivity contribution in [1.82, 2.24) is 0 Å². The maximum atomic E-state index is 13.0. The van der Waals surface area contributed by atoms with Crippen LogP contribution < -0.4 is 0 Å². The van der Waals surface area contributed by atoms with E-state index in [-0.39, 0.29) is 24.6 Å². The molecule has 0 aliphatic heterocycles. The Kier molecular flexibility index (Phi) is 34.9. The highest BCUT2D eigenvalue weighted by Crippen LogP contribution is 2.42. The Morgan fingerprint density at radius 1 is 0.511 bits per heavy atom. The number of hydrogen-bond donors (Lipinski definition) is 1. The van der Waals surface area contributed by atoms with Crippen molar-refractivity contribution in [3.8, 4) is 0 Å². The summed E-state index contributed by atoms with van der Waals surface area (Å²) in [7, 11) is -3.08. The number of hydrogen-bond acceptors (Lipinski definition) is 5. The normalized spacial score (nSPS) is 13.5. The van der Waals surface area contributed by atoms with Crippen molar-refractivity contribution in [2.45, 2.75) is 226 Å². The lowest BCUT2D eigenvalue weighted by atomic mass is 9.92. The number of carbonyl (C=O) groups is 2. The number of phosphoric acid groups is 1. The second-order valence-corrected chi connectivity index (χ2v) is 15.8. The zero-order valence-electron chi connectivity index (χ0n) is 31.6. The molecule has 0 aliphatic rings. The highest BCUT2D eigenvalue weighted by molar-refractivity contribution is 7.47. The molecule has 0 saturated heterocycles. The van der Waals surface area contributed by atoms with Crippen LogP contribution >= 0.6 is 7.82 Å². The van der Waals surface area contributed by atoms with Crippen molar-refractivity contribution >= 4 is 19.4 Å². The largest absolute Gasteiger partial charge is 0.471 e. The molecule has 6 nitrogen and oxygen atoms in total. The average Bonchev–Trinajstić information content (AvgIpc) is 3.06. The van der Waals surface area contributed by atoms with E-state index in [2.05, 4.69) is 18.4 Å². The molecule has 1 N–H and O–H groups in total. The van der Waals surface area contributed by atoms with Gasteiger partial charge in [0, 0.05) is 32.3 Å². The molecular weight excluding hydrogens is 607 g/mol. The smallest absolute Gasteiger partial charge is 0.303 e. The van der Waals surface area contributed by atoms with Gasteiger partial charge in [-0.3, -0.25) is 18.6 Å². The zero-order chi connectivity index (χ0) is 34.7. The molecule has 0 aromatic rings. The first-order valence-corrected chi connectivity index (χ1v) is 21.9. The van der Waals surface area contributed by atoms with E-state index in [1.807, 2.05) is 0 Å². The van der Waals surface area contributed by atoms with Crippen LogP contribution in [0.1, 0.15) is 226 Å². The van der Waals surface area contributed by atoms with Crippen LogP contribution in [0.4, 0.5) is 0 Å². The van der Waals surface area contributed by atoms with E-state index >= 15 is 0 Å². The summed E-state index contributed by atoms with van der Waals surface area (Å²) < 4.78 is 21.4. The standard InChI is InChI=1S/C40H79O6P/c1-4-6-8-10-12-14-16-18-20-22-24-26-28-30-32-34-39(41)36-38(37-46-47(43,44)45-3)40(42)35-33-31-29-27-25-23-21-19-17-15-13-11-9-7-5-2/h38H,4-37H2,1-3H3,(H,43,44). The number of Topliss-reactive ketones (excluding diaryl/α,β-unsaturated/α-hetero) is 2. The van der Waals surface area contributed by atoms with Gasteiger partial charge in [-0.25, -0.2) is 4.57 Å². The molecule has 2 unspecified atom stereocenters. The molecule has 0 bridgehead atoms. The van der Waals surface area contributed by atoms with E-state index in [4.69, 9.17) is 4.52 Å². The molecule has 0 aromatic heterocycles. The van der Waals surface area contributed by atoms with Gasteiger partial charge in [0.15, 0.2) is 0 Å². The summed E-state index contributed by atoms with van der Waals surface area (Å²) >= 11 is 0. The number of unbranched alkanes of at least 4 members (excludes halogenated alkanes) is 28. The van der Waals surface area contributed by atoms with Crippen LogP contribution in [0.25, 0.3) is 0 Å². The average molecular weight is 687 g/mol. The fourth-order valence-corrected chi connectivity index (χ4v) is 6.92. The van der Waals surface area contributed by atoms with Crippen LogP contribution in [0.3, 0.4) is 0 Å². The molecule has 2 atom stereocenters. The number of carbonyl (C=O) groups excluding carboxylic acids is 2. The number of ketones is 2. The Morgan fingerprint density at radius 3 is 1.13 bits per heavy atom. The molecule has 47 heavy (non-hydrogen) atoms. The Labute approximate surface area is 292 Å². The maximum absolute atomic E-state index is 13.0. The monoisotopic (exact) mass is 687 g/mol. The van der Waals surface area contributed by atoms with Crippen LogP contribution in [0.5, 0.6) is 0 Å². The quantitative estimate of drug-likeness (QED) is 0.0511. The first kappa shape index (κ1) is 46.5. The molecule has 0 fully saturated rings. The van der Waals surface area contributed by atoms with Gasteiger partial charge in [0.1, 0.15) is 11.6 Å². The van der Waals surface area contributed by atoms with Gasteiger partial charge in [0.25, 0.3) is 0 Å². The molecular formula is C40H79O6P. The topological polar surface area (TPSA) is 89.9 Å². The molecule has 7 heteroatoms. The van der Waals surface area contributed by atoms with Gasteiger partial charge in [-0.1, -0.05) is 194 Å². The predicted molar refractivity (Wildman–Crippen MR) is 200 cm³/mol. The second-order valence-electron chi connectivity index (χ2n) is 14.3. The third-order valence-electron chi connectivity index (χ3n) is 9.68. The van der Waals surface area contributed by atoms with Crippen molar-refractivity contribution in [2.24, 2.45) is 5.92 Å². The van der Waals surface area contributed by atoms with Crippen LogP contribution in [-0.2, 0) is 23.2 Å². The zero-order valence-corrected chi connectivity index (χ0v) is 32.4. The molecule has 0 radical (unpaired) electrons. The molecule has 0 saturated carbocycles. The van der Waals surface area contributed by atoms with Crippen LogP contribution in [0, 0.1) is 5.92 Å². The SMILES string of the molecule is CCCCCCCCCCCCCCCCCC(=O)CC(COP(=O)(O)OC)C(=O)CCCCCCCCCCCCCCCCC. The Balaban J connectivity index is 4.01. The molecule has 0 rings (SSSR count). The summed E-state index contributed by atoms with van der Waals surface area (Å²) in [5.74, 6) is -0.676. The Morgan fingerprint density at radius 2 is 0.809 bits per heavy atom. The van der Waals surface area contributed by atoms with Gasteiger partial charge in [-0.15, -0.1) is 0 Å². The van der Waals surface area contributed by atoms with Gasteiger partial charge >= 0.3 is 7.82 Å². The third-order valence-corrected chi connectivity index (χ3v) is 10.6. The third kappa shape index (κ3) is 33.7. The minimum Gasteiger partial charge on any atom is -0.303 e. The first-order valence-electron chi connectivity index (χ1n) is 20.4. The summed E-state index contributed by atoms with van der Waals surface area (Å²) in [6, 6.07) is 0. The predicted octanol–water partition coefficient (Wildman–Crippen LogP) is 13.4. The summed E-state index contributed by atoms with van der Waals surface area (Å²) in [5.41, 5.74) is 0. The summed E-state index contributed by atoms with van der Waals surface area (Å²) in [4.78, 5) is 35.4. The van der Waals surface area contributed by atoms with Crippen molar-refractivity contribution in [3.05, 3.63) is 0 Å². The Bertz CT molecular complexity index is 742. The van der Waals surface area contributed by atoms with Crippen LogP contribution in [-0.4, -0.2) is 30.2 Å². The highest BCUT2D eigenvalue weighted by Gasteiger charge is 2.27. The van der Waals surface area contributed by atoms with Gasteiger partial charge in [0.05, 0.1) is 6.61 Å². The van der Waals surface area contributed by atoms with Crippen molar-refractivity contribution in [2.75, 3.05) is 13.7 Å². The molecule has 0 heterocycles. The van der Waals surface area contributed by atoms with Crippen LogP contribution in [0.15, 0.2) is 0 Å². The van der Waals surface area contributed by atoms with E-state index in [1.165, 1.54) is 154 Å². The summed E-state index contributed by atoms with van der Waals surface area (Å²) in [5, 5.41) is 0. The van der Waals surface area contributed by atoms with E-state index in [9.17, 15) is 19.0 Å². The van der Waals surface area contributed by atoms with E-state index < -0.39 is 13.7 Å². The molecule has 0 aromatic carbocycles. The molecule has 280 valence electrons. The van der Waals surface area contributed by atoms with Crippen molar-refractivity contribution < 1.29 is 28.1 Å². The molecule has 0 amide bonds. The van der Waals surface area contributed by atoms with Gasteiger partial charge < -0.3 is 4.89 Å². The van der Waals surface area contributed by atoms with Crippen molar-refractivity contribution in [1.29, 1.82) is 0 Å². The maximum Gasteiger partial charge on any atom is 0.471 e. The number of phosphoric ester groups is 1. The minimum atomic E-state index is -4.19. The highest BCUT2D eigenvalue weighted by atomic mass is 31.2. The van der Waals surface area contributed by atoms with E-state index in [0.717, 1.165) is 45.6 Å². The number of rotatable bonds is 39.